The third kappa shape index (κ3) is 8.01. The summed E-state index contributed by atoms with van der Waals surface area (Å²) < 4.78 is 5.48. The molecular weight excluding hydrogens is 250 g/mol. The zero-order valence-electron chi connectivity index (χ0n) is 12.6. The Morgan fingerprint density at radius 1 is 1.55 bits per heavy atom. The van der Waals surface area contributed by atoms with E-state index in [0.717, 1.165) is 45.1 Å². The van der Waals surface area contributed by atoms with Crippen molar-refractivity contribution in [2.75, 3.05) is 13.2 Å². The first-order valence-corrected chi connectivity index (χ1v) is 7.70. The summed E-state index contributed by atoms with van der Waals surface area (Å²) in [6, 6.07) is 0. The maximum Gasteiger partial charge on any atom is 0.220 e. The number of rotatable bonds is 9. The van der Waals surface area contributed by atoms with E-state index in [2.05, 4.69) is 30.3 Å². The Kier molecular flexibility index (Phi) is 8.82. The Balaban J connectivity index is 2.04. The standard InChI is InChI=1S/C17H27NO2/c1-3-4-5-6-7-8-10-15(2)13-17(19)18-14-16-11-9-12-20-16/h1,8,10,15-16H,4-7,9,11-14H2,2H3,(H,18,19). The summed E-state index contributed by atoms with van der Waals surface area (Å²) in [6.45, 7) is 3.56. The maximum absolute atomic E-state index is 11.8. The van der Waals surface area contributed by atoms with Gasteiger partial charge in [0.05, 0.1) is 6.10 Å². The van der Waals surface area contributed by atoms with Gasteiger partial charge in [0.15, 0.2) is 0 Å². The quantitative estimate of drug-likeness (QED) is 0.399. The number of allylic oxidation sites excluding steroid dienone is 2. The van der Waals surface area contributed by atoms with Crippen LogP contribution in [0.15, 0.2) is 12.2 Å². The van der Waals surface area contributed by atoms with Gasteiger partial charge in [-0.25, -0.2) is 0 Å². The number of amides is 1. The number of hydrogen-bond donors (Lipinski definition) is 1. The Hall–Kier alpha value is -1.27. The number of unbranched alkanes of at least 4 members (excludes halogenated alkanes) is 3. The van der Waals surface area contributed by atoms with Gasteiger partial charge in [0.25, 0.3) is 0 Å². The molecule has 0 bridgehead atoms. The fraction of sp³-hybridized carbons (Fsp3) is 0.706. The van der Waals surface area contributed by atoms with Crippen LogP contribution in [0.3, 0.4) is 0 Å². The van der Waals surface area contributed by atoms with Crippen molar-refractivity contribution < 1.29 is 9.53 Å². The van der Waals surface area contributed by atoms with Crippen molar-refractivity contribution in [3.05, 3.63) is 12.2 Å². The van der Waals surface area contributed by atoms with Gasteiger partial charge in [0, 0.05) is 26.0 Å². The van der Waals surface area contributed by atoms with Gasteiger partial charge in [-0.15, -0.1) is 12.3 Å². The summed E-state index contributed by atoms with van der Waals surface area (Å²) in [6.07, 6.45) is 16.5. The number of ether oxygens (including phenoxy) is 1. The van der Waals surface area contributed by atoms with Gasteiger partial charge >= 0.3 is 0 Å². The fourth-order valence-corrected chi connectivity index (χ4v) is 2.28. The zero-order chi connectivity index (χ0) is 14.6. The molecule has 0 aromatic rings. The molecule has 1 saturated heterocycles. The van der Waals surface area contributed by atoms with Crippen molar-refractivity contribution in [2.24, 2.45) is 5.92 Å². The second-order valence-electron chi connectivity index (χ2n) is 5.50. The second-order valence-corrected chi connectivity index (χ2v) is 5.50. The van der Waals surface area contributed by atoms with Gasteiger partial charge in [0.1, 0.15) is 0 Å². The van der Waals surface area contributed by atoms with E-state index >= 15 is 0 Å². The van der Waals surface area contributed by atoms with Crippen LogP contribution in [0.1, 0.15) is 51.9 Å². The molecule has 1 heterocycles. The molecule has 1 N–H and O–H groups in total. The maximum atomic E-state index is 11.8. The molecule has 20 heavy (non-hydrogen) atoms. The van der Waals surface area contributed by atoms with Crippen molar-refractivity contribution in [3.8, 4) is 12.3 Å². The van der Waals surface area contributed by atoms with Crippen LogP contribution in [-0.4, -0.2) is 25.2 Å². The van der Waals surface area contributed by atoms with Crippen molar-refractivity contribution in [3.63, 3.8) is 0 Å². The highest BCUT2D eigenvalue weighted by Crippen LogP contribution is 2.11. The van der Waals surface area contributed by atoms with Crippen molar-refractivity contribution in [2.45, 2.75) is 58.0 Å². The average molecular weight is 277 g/mol. The lowest BCUT2D eigenvalue weighted by Crippen LogP contribution is -2.32. The number of nitrogens with one attached hydrogen (secondary N) is 1. The molecule has 1 amide bonds. The van der Waals surface area contributed by atoms with Gasteiger partial charge in [-0.2, -0.15) is 0 Å². The summed E-state index contributed by atoms with van der Waals surface area (Å²) in [5, 5.41) is 2.95. The molecule has 0 aromatic carbocycles. The molecule has 1 fully saturated rings. The Labute approximate surface area is 123 Å². The molecule has 1 aliphatic heterocycles. The summed E-state index contributed by atoms with van der Waals surface area (Å²) in [5.74, 6) is 3.04. The Bertz CT molecular complexity index is 337. The van der Waals surface area contributed by atoms with E-state index in [4.69, 9.17) is 11.2 Å². The minimum Gasteiger partial charge on any atom is -0.376 e. The number of carbonyl (C=O) groups excluding carboxylic acids is 1. The molecule has 1 aliphatic rings. The van der Waals surface area contributed by atoms with E-state index < -0.39 is 0 Å². The average Bonchev–Trinajstić information content (AvgIpc) is 2.93. The number of carbonyl (C=O) groups is 1. The highest BCUT2D eigenvalue weighted by molar-refractivity contribution is 5.76. The SMILES string of the molecule is C#CCCCCC=CC(C)CC(=O)NCC1CCCO1. The molecule has 3 heteroatoms. The van der Waals surface area contributed by atoms with Crippen molar-refractivity contribution >= 4 is 5.91 Å². The Morgan fingerprint density at radius 2 is 2.40 bits per heavy atom. The highest BCUT2D eigenvalue weighted by Gasteiger charge is 2.16. The highest BCUT2D eigenvalue weighted by atomic mass is 16.5. The fourth-order valence-electron chi connectivity index (χ4n) is 2.28. The smallest absolute Gasteiger partial charge is 0.220 e. The van der Waals surface area contributed by atoms with E-state index in [1.54, 1.807) is 0 Å². The molecule has 0 aromatic heterocycles. The summed E-state index contributed by atoms with van der Waals surface area (Å²) >= 11 is 0. The van der Waals surface area contributed by atoms with Gasteiger partial charge in [-0.05, 0) is 38.0 Å². The molecule has 2 unspecified atom stereocenters. The molecular formula is C17H27NO2. The molecule has 0 spiro atoms. The van der Waals surface area contributed by atoms with E-state index in [-0.39, 0.29) is 17.9 Å². The van der Waals surface area contributed by atoms with Gasteiger partial charge in [-0.1, -0.05) is 19.1 Å². The summed E-state index contributed by atoms with van der Waals surface area (Å²) in [7, 11) is 0. The van der Waals surface area contributed by atoms with E-state index in [1.807, 2.05) is 0 Å². The van der Waals surface area contributed by atoms with E-state index in [9.17, 15) is 4.79 Å². The summed E-state index contributed by atoms with van der Waals surface area (Å²) in [5.41, 5.74) is 0. The number of terminal acetylenes is 1. The third-order valence-electron chi connectivity index (χ3n) is 3.46. The molecule has 0 radical (unpaired) electrons. The van der Waals surface area contributed by atoms with Gasteiger partial charge in [-0.3, -0.25) is 4.79 Å². The van der Waals surface area contributed by atoms with Crippen LogP contribution in [0.5, 0.6) is 0 Å². The molecule has 112 valence electrons. The second kappa shape index (κ2) is 10.5. The zero-order valence-corrected chi connectivity index (χ0v) is 12.6. The van der Waals surface area contributed by atoms with Crippen LogP contribution in [-0.2, 0) is 9.53 Å². The van der Waals surface area contributed by atoms with Crippen LogP contribution in [0.2, 0.25) is 0 Å². The van der Waals surface area contributed by atoms with Crippen LogP contribution >= 0.6 is 0 Å². The minimum atomic E-state index is 0.116. The van der Waals surface area contributed by atoms with Crippen LogP contribution < -0.4 is 5.32 Å². The van der Waals surface area contributed by atoms with E-state index in [0.29, 0.717) is 13.0 Å². The first kappa shape index (κ1) is 16.8. The van der Waals surface area contributed by atoms with E-state index in [1.165, 1.54) is 0 Å². The first-order valence-electron chi connectivity index (χ1n) is 7.70. The van der Waals surface area contributed by atoms with Crippen molar-refractivity contribution in [1.82, 2.24) is 5.32 Å². The van der Waals surface area contributed by atoms with Crippen LogP contribution in [0.25, 0.3) is 0 Å². The van der Waals surface area contributed by atoms with Crippen LogP contribution in [0.4, 0.5) is 0 Å². The lowest BCUT2D eigenvalue weighted by Gasteiger charge is -2.12. The molecule has 2 atom stereocenters. The molecule has 0 saturated carbocycles. The van der Waals surface area contributed by atoms with Gasteiger partial charge < -0.3 is 10.1 Å². The predicted molar refractivity (Wildman–Crippen MR) is 82.2 cm³/mol. The Morgan fingerprint density at radius 3 is 3.10 bits per heavy atom. The molecule has 1 rings (SSSR count). The lowest BCUT2D eigenvalue weighted by molar-refractivity contribution is -0.122. The van der Waals surface area contributed by atoms with Crippen molar-refractivity contribution in [1.29, 1.82) is 0 Å². The normalized spacial score (nSPS) is 19.9. The molecule has 3 nitrogen and oxygen atoms in total. The predicted octanol–water partition coefficient (Wildman–Crippen LogP) is 3.06. The lowest BCUT2D eigenvalue weighted by atomic mass is 10.1. The van der Waals surface area contributed by atoms with Crippen LogP contribution in [0, 0.1) is 18.3 Å². The first-order chi connectivity index (χ1) is 9.72. The monoisotopic (exact) mass is 277 g/mol. The minimum absolute atomic E-state index is 0.116. The summed E-state index contributed by atoms with van der Waals surface area (Å²) in [4.78, 5) is 11.8. The topological polar surface area (TPSA) is 38.3 Å². The molecule has 0 aliphatic carbocycles. The van der Waals surface area contributed by atoms with Gasteiger partial charge in [0.2, 0.25) is 5.91 Å². The largest absolute Gasteiger partial charge is 0.376 e. The number of hydrogen-bond acceptors (Lipinski definition) is 2. The third-order valence-corrected chi connectivity index (χ3v) is 3.46.